The van der Waals surface area contributed by atoms with Crippen LogP contribution in [0.25, 0.3) is 0 Å². The molecule has 21 heavy (non-hydrogen) atoms. The van der Waals surface area contributed by atoms with Gasteiger partial charge in [0.1, 0.15) is 0 Å². The van der Waals surface area contributed by atoms with Gasteiger partial charge in [0.2, 0.25) is 10.0 Å². The number of aryl methyl sites for hydroxylation is 2. The molecule has 1 saturated heterocycles. The maximum absolute atomic E-state index is 12.5. The Morgan fingerprint density at radius 2 is 1.90 bits per heavy atom. The molecule has 0 radical (unpaired) electrons. The number of hydrogen-bond donors (Lipinski definition) is 2. The summed E-state index contributed by atoms with van der Waals surface area (Å²) < 4.78 is 33.3. The summed E-state index contributed by atoms with van der Waals surface area (Å²) in [6.07, 6.45) is 3.07. The molecule has 2 N–H and O–H groups in total. The highest BCUT2D eigenvalue weighted by Crippen LogP contribution is 2.24. The average molecular weight is 312 g/mol. The third-order valence-electron chi connectivity index (χ3n) is 3.79. The molecule has 1 atom stereocenters. The fourth-order valence-corrected chi connectivity index (χ4v) is 4.28. The van der Waals surface area contributed by atoms with E-state index in [9.17, 15) is 8.42 Å². The minimum absolute atomic E-state index is 0.00859. The van der Waals surface area contributed by atoms with Crippen molar-refractivity contribution in [3.63, 3.8) is 0 Å². The first-order valence-electron chi connectivity index (χ1n) is 7.34. The standard InChI is InChI=1S/C15H24N2O3S/c1-11-8-13(16-3)9-12(2)15(11)21(18,19)17-10-14-6-4-5-7-20-14/h8-9,14,16-17H,4-7,10H2,1-3H3. The van der Waals surface area contributed by atoms with Crippen LogP contribution in [0.4, 0.5) is 5.69 Å². The molecule has 0 saturated carbocycles. The quantitative estimate of drug-likeness (QED) is 0.874. The van der Waals surface area contributed by atoms with Crippen molar-refractivity contribution in [2.75, 3.05) is 25.5 Å². The van der Waals surface area contributed by atoms with E-state index in [4.69, 9.17) is 4.74 Å². The summed E-state index contributed by atoms with van der Waals surface area (Å²) >= 11 is 0. The Bertz CT molecular complexity index is 570. The molecule has 0 spiro atoms. The van der Waals surface area contributed by atoms with Gasteiger partial charge in [-0.3, -0.25) is 0 Å². The number of nitrogens with one attached hydrogen (secondary N) is 2. The van der Waals surface area contributed by atoms with Crippen molar-refractivity contribution in [3.8, 4) is 0 Å². The first-order chi connectivity index (χ1) is 9.94. The summed E-state index contributed by atoms with van der Waals surface area (Å²) in [6, 6.07) is 3.69. The van der Waals surface area contributed by atoms with Gasteiger partial charge in [-0.1, -0.05) is 0 Å². The van der Waals surface area contributed by atoms with Gasteiger partial charge in [-0.25, -0.2) is 13.1 Å². The number of benzene rings is 1. The van der Waals surface area contributed by atoms with Gasteiger partial charge in [0.05, 0.1) is 11.0 Å². The molecular formula is C15H24N2O3S. The number of sulfonamides is 1. The fourth-order valence-electron chi connectivity index (χ4n) is 2.76. The summed E-state index contributed by atoms with van der Waals surface area (Å²) in [4.78, 5) is 0.373. The van der Waals surface area contributed by atoms with Crippen molar-refractivity contribution >= 4 is 15.7 Å². The van der Waals surface area contributed by atoms with Gasteiger partial charge in [0.25, 0.3) is 0 Å². The molecule has 0 bridgehead atoms. The van der Waals surface area contributed by atoms with Crippen molar-refractivity contribution in [2.45, 2.75) is 44.1 Å². The second kappa shape index (κ2) is 6.77. The SMILES string of the molecule is CNc1cc(C)c(S(=O)(=O)NCC2CCCCO2)c(C)c1. The van der Waals surface area contributed by atoms with Crippen molar-refractivity contribution in [2.24, 2.45) is 0 Å². The number of hydrogen-bond acceptors (Lipinski definition) is 4. The van der Waals surface area contributed by atoms with E-state index in [1.54, 1.807) is 0 Å². The van der Waals surface area contributed by atoms with E-state index in [-0.39, 0.29) is 6.10 Å². The highest BCUT2D eigenvalue weighted by Gasteiger charge is 2.22. The molecule has 1 fully saturated rings. The van der Waals surface area contributed by atoms with Gasteiger partial charge < -0.3 is 10.1 Å². The van der Waals surface area contributed by atoms with Gasteiger partial charge in [0, 0.05) is 25.9 Å². The summed E-state index contributed by atoms with van der Waals surface area (Å²) in [5.41, 5.74) is 2.41. The Labute approximate surface area is 127 Å². The molecule has 6 heteroatoms. The van der Waals surface area contributed by atoms with Crippen LogP contribution in [-0.2, 0) is 14.8 Å². The van der Waals surface area contributed by atoms with E-state index < -0.39 is 10.0 Å². The van der Waals surface area contributed by atoms with Crippen LogP contribution in [0.2, 0.25) is 0 Å². The molecule has 1 aromatic carbocycles. The first-order valence-corrected chi connectivity index (χ1v) is 8.82. The minimum Gasteiger partial charge on any atom is -0.388 e. The topological polar surface area (TPSA) is 67.4 Å². The average Bonchev–Trinajstić information content (AvgIpc) is 2.45. The first kappa shape index (κ1) is 16.3. The predicted molar refractivity (Wildman–Crippen MR) is 84.2 cm³/mol. The molecule has 1 unspecified atom stereocenters. The van der Waals surface area contributed by atoms with Gasteiger partial charge in [-0.15, -0.1) is 0 Å². The van der Waals surface area contributed by atoms with Gasteiger partial charge in [-0.2, -0.15) is 0 Å². The van der Waals surface area contributed by atoms with Crippen LogP contribution in [0.3, 0.4) is 0 Å². The Kier molecular flexibility index (Phi) is 5.24. The zero-order valence-corrected chi connectivity index (χ0v) is 13.7. The van der Waals surface area contributed by atoms with Gasteiger partial charge in [0.15, 0.2) is 0 Å². The Morgan fingerprint density at radius 1 is 1.24 bits per heavy atom. The van der Waals surface area contributed by atoms with Gasteiger partial charge >= 0.3 is 0 Å². The Hall–Kier alpha value is -1.11. The van der Waals surface area contributed by atoms with Crippen molar-refractivity contribution in [1.82, 2.24) is 4.72 Å². The van der Waals surface area contributed by atoms with Crippen molar-refractivity contribution in [3.05, 3.63) is 23.3 Å². The smallest absolute Gasteiger partial charge is 0.241 e. The molecule has 0 amide bonds. The highest BCUT2D eigenvalue weighted by molar-refractivity contribution is 7.89. The van der Waals surface area contributed by atoms with Crippen LogP contribution in [-0.4, -0.2) is 34.7 Å². The minimum atomic E-state index is -3.50. The van der Waals surface area contributed by atoms with E-state index in [0.717, 1.165) is 42.7 Å². The van der Waals surface area contributed by atoms with E-state index in [1.807, 2.05) is 33.0 Å². The normalized spacial score (nSPS) is 19.5. The lowest BCUT2D eigenvalue weighted by Crippen LogP contribution is -2.36. The molecule has 5 nitrogen and oxygen atoms in total. The van der Waals surface area contributed by atoms with Crippen molar-refractivity contribution in [1.29, 1.82) is 0 Å². The molecule has 1 aromatic rings. The molecule has 2 rings (SSSR count). The highest BCUT2D eigenvalue weighted by atomic mass is 32.2. The molecule has 1 heterocycles. The zero-order chi connectivity index (χ0) is 15.5. The van der Waals surface area contributed by atoms with E-state index in [1.165, 1.54) is 0 Å². The van der Waals surface area contributed by atoms with Crippen LogP contribution >= 0.6 is 0 Å². The van der Waals surface area contributed by atoms with E-state index in [2.05, 4.69) is 10.0 Å². The van der Waals surface area contributed by atoms with Crippen LogP contribution < -0.4 is 10.0 Å². The Balaban J connectivity index is 2.15. The van der Waals surface area contributed by atoms with Crippen molar-refractivity contribution < 1.29 is 13.2 Å². The van der Waals surface area contributed by atoms with Crippen LogP contribution in [0.15, 0.2) is 17.0 Å². The maximum atomic E-state index is 12.5. The predicted octanol–water partition coefficient (Wildman–Crippen LogP) is 2.19. The zero-order valence-electron chi connectivity index (χ0n) is 12.9. The molecular weight excluding hydrogens is 288 g/mol. The fraction of sp³-hybridized carbons (Fsp3) is 0.600. The summed E-state index contributed by atoms with van der Waals surface area (Å²) in [5, 5.41) is 3.04. The number of anilines is 1. The summed E-state index contributed by atoms with van der Waals surface area (Å²) in [5.74, 6) is 0. The lowest BCUT2D eigenvalue weighted by molar-refractivity contribution is 0.0200. The van der Waals surface area contributed by atoms with Gasteiger partial charge in [-0.05, 0) is 56.4 Å². The molecule has 0 aliphatic carbocycles. The van der Waals surface area contributed by atoms with Crippen LogP contribution in [0.1, 0.15) is 30.4 Å². The maximum Gasteiger partial charge on any atom is 0.241 e. The van der Waals surface area contributed by atoms with E-state index >= 15 is 0 Å². The third kappa shape index (κ3) is 3.96. The van der Waals surface area contributed by atoms with E-state index in [0.29, 0.717) is 11.4 Å². The molecule has 1 aliphatic rings. The summed E-state index contributed by atoms with van der Waals surface area (Å²) in [7, 11) is -1.68. The number of rotatable bonds is 5. The molecule has 118 valence electrons. The summed E-state index contributed by atoms with van der Waals surface area (Å²) in [6.45, 7) is 4.70. The monoisotopic (exact) mass is 312 g/mol. The largest absolute Gasteiger partial charge is 0.388 e. The van der Waals surface area contributed by atoms with Crippen LogP contribution in [0, 0.1) is 13.8 Å². The number of ether oxygens (including phenoxy) is 1. The Morgan fingerprint density at radius 3 is 2.43 bits per heavy atom. The second-order valence-electron chi connectivity index (χ2n) is 5.53. The van der Waals surface area contributed by atoms with Crippen LogP contribution in [0.5, 0.6) is 0 Å². The molecule has 0 aromatic heterocycles. The lowest BCUT2D eigenvalue weighted by atomic mass is 10.1. The molecule has 1 aliphatic heterocycles. The second-order valence-corrected chi connectivity index (χ2v) is 7.23. The lowest BCUT2D eigenvalue weighted by Gasteiger charge is -2.23. The third-order valence-corrected chi connectivity index (χ3v) is 5.52.